The van der Waals surface area contributed by atoms with E-state index in [2.05, 4.69) is 4.98 Å². The topological polar surface area (TPSA) is 54.6 Å². The first-order chi connectivity index (χ1) is 11.1. The Morgan fingerprint density at radius 3 is 3.13 bits per heavy atom. The Hall–Kier alpha value is -1.56. The molecule has 0 unspecified atom stereocenters. The average Bonchev–Trinajstić information content (AvgIpc) is 3.18. The zero-order valence-corrected chi connectivity index (χ0v) is 13.7. The summed E-state index contributed by atoms with van der Waals surface area (Å²) in [5.74, 6) is 0.283. The van der Waals surface area contributed by atoms with Gasteiger partial charge in [0.05, 0.1) is 24.8 Å². The molecule has 0 spiro atoms. The lowest BCUT2D eigenvalue weighted by atomic mass is 9.82. The van der Waals surface area contributed by atoms with E-state index in [0.29, 0.717) is 49.5 Å². The van der Waals surface area contributed by atoms with Crippen molar-refractivity contribution in [3.8, 4) is 0 Å². The molecular weight excluding hydrogens is 316 g/mol. The molecule has 122 valence electrons. The van der Waals surface area contributed by atoms with Gasteiger partial charge < -0.3 is 19.4 Å². The SMILES string of the molecule is COC[C@@]12COC[C@@H]1CN(C(=O)c1[nH]c3ccccc3c1Cl)C2. The molecule has 2 aliphatic rings. The van der Waals surface area contributed by atoms with E-state index in [1.54, 1.807) is 7.11 Å². The van der Waals surface area contributed by atoms with Gasteiger partial charge in [0.25, 0.3) is 5.91 Å². The summed E-state index contributed by atoms with van der Waals surface area (Å²) >= 11 is 6.42. The fourth-order valence-electron chi connectivity index (χ4n) is 3.89. The van der Waals surface area contributed by atoms with Crippen LogP contribution in [0.15, 0.2) is 24.3 Å². The number of rotatable bonds is 3. The molecule has 2 atom stereocenters. The molecule has 6 heteroatoms. The summed E-state index contributed by atoms with van der Waals surface area (Å²) in [4.78, 5) is 18.0. The monoisotopic (exact) mass is 334 g/mol. The number of amides is 1. The van der Waals surface area contributed by atoms with Gasteiger partial charge in [-0.15, -0.1) is 0 Å². The minimum absolute atomic E-state index is 0.0453. The van der Waals surface area contributed by atoms with Crippen molar-refractivity contribution < 1.29 is 14.3 Å². The van der Waals surface area contributed by atoms with E-state index in [4.69, 9.17) is 21.1 Å². The molecule has 2 aromatic rings. The zero-order chi connectivity index (χ0) is 16.0. The third-order valence-corrected chi connectivity index (χ3v) is 5.49. The maximum Gasteiger partial charge on any atom is 0.271 e. The second-order valence-corrected chi connectivity index (χ2v) is 6.93. The minimum atomic E-state index is -0.0805. The number of methoxy groups -OCH3 is 1. The molecule has 2 saturated heterocycles. The maximum atomic E-state index is 12.9. The Morgan fingerprint density at radius 2 is 2.35 bits per heavy atom. The minimum Gasteiger partial charge on any atom is -0.384 e. The normalized spacial score (nSPS) is 26.9. The number of likely N-dealkylation sites (tertiary alicyclic amines) is 1. The van der Waals surface area contributed by atoms with Gasteiger partial charge in [-0.1, -0.05) is 29.8 Å². The number of ether oxygens (including phenoxy) is 2. The second-order valence-electron chi connectivity index (χ2n) is 6.55. The highest BCUT2D eigenvalue weighted by atomic mass is 35.5. The van der Waals surface area contributed by atoms with Gasteiger partial charge in [0.1, 0.15) is 5.69 Å². The number of H-pyrrole nitrogens is 1. The molecular formula is C17H19ClN2O3. The van der Waals surface area contributed by atoms with Gasteiger partial charge in [0, 0.05) is 42.4 Å². The number of aromatic nitrogens is 1. The number of fused-ring (bicyclic) bond motifs is 2. The average molecular weight is 335 g/mol. The number of hydrogen-bond acceptors (Lipinski definition) is 3. The number of para-hydroxylation sites is 1. The standard InChI is InChI=1S/C17H19ClN2O3/c1-22-9-17-8-20(6-11(17)7-23-10-17)16(21)15-14(18)12-4-2-3-5-13(12)19-15/h2-5,11,19H,6-10H2,1H3/t11-,17-/m0/s1. The Bertz CT molecular complexity index is 759. The quantitative estimate of drug-likeness (QED) is 0.938. The first kappa shape index (κ1) is 15.0. The van der Waals surface area contributed by atoms with E-state index in [9.17, 15) is 4.79 Å². The van der Waals surface area contributed by atoms with Crippen molar-refractivity contribution in [2.24, 2.45) is 11.3 Å². The van der Waals surface area contributed by atoms with Crippen molar-refractivity contribution in [2.75, 3.05) is 40.0 Å². The van der Waals surface area contributed by atoms with Crippen LogP contribution < -0.4 is 0 Å². The van der Waals surface area contributed by atoms with Crippen LogP contribution in [0.5, 0.6) is 0 Å². The van der Waals surface area contributed by atoms with E-state index in [1.165, 1.54) is 0 Å². The number of hydrogen-bond donors (Lipinski definition) is 1. The van der Waals surface area contributed by atoms with Gasteiger partial charge in [-0.3, -0.25) is 4.79 Å². The number of carbonyl (C=O) groups excluding carboxylic acids is 1. The summed E-state index contributed by atoms with van der Waals surface area (Å²) in [5, 5.41) is 1.38. The number of halogens is 1. The van der Waals surface area contributed by atoms with Gasteiger partial charge in [-0.25, -0.2) is 0 Å². The van der Waals surface area contributed by atoms with E-state index in [0.717, 1.165) is 10.9 Å². The Balaban J connectivity index is 1.63. The molecule has 1 aromatic carbocycles. The lowest BCUT2D eigenvalue weighted by Gasteiger charge is -2.25. The molecule has 1 aromatic heterocycles. The summed E-state index contributed by atoms with van der Waals surface area (Å²) in [6.45, 7) is 3.29. The van der Waals surface area contributed by atoms with Crippen molar-refractivity contribution in [3.05, 3.63) is 35.0 Å². The first-order valence-corrected chi connectivity index (χ1v) is 8.14. The number of nitrogens with zero attached hydrogens (tertiary/aromatic N) is 1. The number of carbonyl (C=O) groups is 1. The molecule has 2 aliphatic heterocycles. The number of nitrogens with one attached hydrogen (secondary N) is 1. The molecule has 1 N–H and O–H groups in total. The third-order valence-electron chi connectivity index (χ3n) is 5.10. The van der Waals surface area contributed by atoms with Crippen LogP contribution in [0, 0.1) is 11.3 Å². The highest BCUT2D eigenvalue weighted by Gasteiger charge is 2.52. The molecule has 0 saturated carbocycles. The smallest absolute Gasteiger partial charge is 0.271 e. The van der Waals surface area contributed by atoms with Crippen molar-refractivity contribution in [1.82, 2.24) is 9.88 Å². The molecule has 2 fully saturated rings. The van der Waals surface area contributed by atoms with Crippen LogP contribution in [-0.4, -0.2) is 55.8 Å². The van der Waals surface area contributed by atoms with E-state index in [-0.39, 0.29) is 11.3 Å². The number of benzene rings is 1. The molecule has 0 bridgehead atoms. The highest BCUT2D eigenvalue weighted by molar-refractivity contribution is 6.38. The van der Waals surface area contributed by atoms with Crippen LogP contribution in [0.2, 0.25) is 5.02 Å². The predicted molar refractivity (Wildman–Crippen MR) is 87.8 cm³/mol. The van der Waals surface area contributed by atoms with Gasteiger partial charge >= 0.3 is 0 Å². The summed E-state index contributed by atoms with van der Waals surface area (Å²) in [6.07, 6.45) is 0. The predicted octanol–water partition coefficient (Wildman–Crippen LogP) is 2.56. The van der Waals surface area contributed by atoms with Crippen molar-refractivity contribution >= 4 is 28.4 Å². The van der Waals surface area contributed by atoms with Gasteiger partial charge in [-0.05, 0) is 6.07 Å². The van der Waals surface area contributed by atoms with Crippen LogP contribution in [0.25, 0.3) is 10.9 Å². The fraction of sp³-hybridized carbons (Fsp3) is 0.471. The van der Waals surface area contributed by atoms with Crippen LogP contribution >= 0.6 is 11.6 Å². The molecule has 23 heavy (non-hydrogen) atoms. The molecule has 5 nitrogen and oxygen atoms in total. The Kier molecular flexibility index (Phi) is 3.59. The first-order valence-electron chi connectivity index (χ1n) is 7.77. The van der Waals surface area contributed by atoms with Crippen LogP contribution in [0.3, 0.4) is 0 Å². The largest absolute Gasteiger partial charge is 0.384 e. The third kappa shape index (κ3) is 2.26. The summed E-state index contributed by atoms with van der Waals surface area (Å²) in [6, 6.07) is 7.69. The maximum absolute atomic E-state index is 12.9. The van der Waals surface area contributed by atoms with Crippen molar-refractivity contribution in [1.29, 1.82) is 0 Å². The molecule has 1 amide bonds. The van der Waals surface area contributed by atoms with Crippen LogP contribution in [-0.2, 0) is 9.47 Å². The van der Waals surface area contributed by atoms with E-state index >= 15 is 0 Å². The van der Waals surface area contributed by atoms with Crippen LogP contribution in [0.1, 0.15) is 10.5 Å². The van der Waals surface area contributed by atoms with Gasteiger partial charge in [0.15, 0.2) is 0 Å². The van der Waals surface area contributed by atoms with Gasteiger partial charge in [-0.2, -0.15) is 0 Å². The Labute approximate surface area is 139 Å². The Morgan fingerprint density at radius 1 is 1.52 bits per heavy atom. The molecule has 0 radical (unpaired) electrons. The highest BCUT2D eigenvalue weighted by Crippen LogP contribution is 2.42. The van der Waals surface area contributed by atoms with E-state index in [1.807, 2.05) is 29.2 Å². The lowest BCUT2D eigenvalue weighted by Crippen LogP contribution is -2.37. The zero-order valence-electron chi connectivity index (χ0n) is 13.0. The summed E-state index contributed by atoms with van der Waals surface area (Å²) in [7, 11) is 1.70. The molecule has 0 aliphatic carbocycles. The second kappa shape index (κ2) is 5.51. The van der Waals surface area contributed by atoms with Crippen molar-refractivity contribution in [2.45, 2.75) is 0 Å². The molecule has 4 rings (SSSR count). The lowest BCUT2D eigenvalue weighted by molar-refractivity contribution is 0.0487. The van der Waals surface area contributed by atoms with Crippen LogP contribution in [0.4, 0.5) is 0 Å². The van der Waals surface area contributed by atoms with Crippen molar-refractivity contribution in [3.63, 3.8) is 0 Å². The van der Waals surface area contributed by atoms with E-state index < -0.39 is 0 Å². The summed E-state index contributed by atoms with van der Waals surface area (Å²) < 4.78 is 11.0. The van der Waals surface area contributed by atoms with Gasteiger partial charge in [0.2, 0.25) is 0 Å². The summed E-state index contributed by atoms with van der Waals surface area (Å²) in [5.41, 5.74) is 1.28. The fourth-order valence-corrected chi connectivity index (χ4v) is 4.18. The number of aromatic amines is 1. The molecule has 3 heterocycles.